The normalized spacial score (nSPS) is 13.0. The fourth-order valence-electron chi connectivity index (χ4n) is 2.13. The molecule has 0 radical (unpaired) electrons. The molecule has 0 saturated carbocycles. The van der Waals surface area contributed by atoms with E-state index in [-0.39, 0.29) is 0 Å². The van der Waals surface area contributed by atoms with E-state index >= 15 is 0 Å². The van der Waals surface area contributed by atoms with Crippen LogP contribution >= 0.6 is 0 Å². The van der Waals surface area contributed by atoms with Crippen molar-refractivity contribution in [3.05, 3.63) is 0 Å². The molecule has 18 heavy (non-hydrogen) atoms. The molecule has 110 valence electrons. The van der Waals surface area contributed by atoms with Gasteiger partial charge in [0, 0.05) is 16.1 Å². The molecule has 0 aliphatic carbocycles. The lowest BCUT2D eigenvalue weighted by Crippen LogP contribution is -2.23. The molecule has 0 unspecified atom stereocenters. The van der Waals surface area contributed by atoms with Gasteiger partial charge < -0.3 is 5.32 Å². The van der Waals surface area contributed by atoms with Gasteiger partial charge in [0.2, 0.25) is 0 Å². The van der Waals surface area contributed by atoms with Crippen LogP contribution in [0.5, 0.6) is 0 Å². The van der Waals surface area contributed by atoms with E-state index in [9.17, 15) is 0 Å². The Balaban J connectivity index is 3.13. The van der Waals surface area contributed by atoms with Crippen LogP contribution in [0.15, 0.2) is 0 Å². The van der Waals surface area contributed by atoms with E-state index in [4.69, 9.17) is 0 Å². The minimum absolute atomic E-state index is 0.773. The Labute approximate surface area is 118 Å². The third-order valence-corrected chi connectivity index (χ3v) is 7.02. The molecule has 0 aromatic rings. The van der Waals surface area contributed by atoms with Crippen molar-refractivity contribution < 1.29 is 0 Å². The van der Waals surface area contributed by atoms with Crippen LogP contribution in [0, 0.1) is 0 Å². The summed E-state index contributed by atoms with van der Waals surface area (Å²) in [5.74, 6) is 0. The van der Waals surface area contributed by atoms with Crippen LogP contribution in [-0.4, -0.2) is 29.2 Å². The van der Waals surface area contributed by atoms with Crippen molar-refractivity contribution in [2.24, 2.45) is 0 Å². The fourth-order valence-corrected chi connectivity index (χ4v) is 4.68. The summed E-state index contributed by atoms with van der Waals surface area (Å²) >= 11 is 0. The molecule has 3 heteroatoms. The van der Waals surface area contributed by atoms with Gasteiger partial charge in [-0.3, -0.25) is 0 Å². The largest absolute Gasteiger partial charge is 0.317 e. The Morgan fingerprint density at radius 3 is 1.56 bits per heavy atom. The Hall–Kier alpha value is 0.394. The molecule has 0 spiro atoms. The lowest BCUT2D eigenvalue weighted by atomic mass is 10.2. The average Bonchev–Trinajstić information content (AvgIpc) is 2.17. The van der Waals surface area contributed by atoms with Gasteiger partial charge >= 0.3 is 0 Å². The fraction of sp³-hybridized carbons (Fsp3) is 1.00. The smallest absolute Gasteiger partial charge is 0.0443 e. The van der Waals surface area contributed by atoms with Crippen LogP contribution in [0.2, 0.25) is 51.4 Å². The van der Waals surface area contributed by atoms with Gasteiger partial charge in [-0.25, -0.2) is 0 Å². The van der Waals surface area contributed by atoms with Crippen LogP contribution < -0.4 is 5.32 Å². The van der Waals surface area contributed by atoms with Gasteiger partial charge in [0.25, 0.3) is 0 Å². The van der Waals surface area contributed by atoms with Gasteiger partial charge in [-0.1, -0.05) is 70.6 Å². The highest BCUT2D eigenvalue weighted by atomic mass is 28.3. The highest BCUT2D eigenvalue weighted by Crippen LogP contribution is 2.14. The predicted molar refractivity (Wildman–Crippen MR) is 92.3 cm³/mol. The lowest BCUT2D eigenvalue weighted by Gasteiger charge is -2.15. The van der Waals surface area contributed by atoms with E-state index < -0.39 is 16.1 Å². The summed E-state index contributed by atoms with van der Waals surface area (Å²) in [5, 5.41) is 3.60. The van der Waals surface area contributed by atoms with Crippen molar-refractivity contribution in [3.8, 4) is 0 Å². The second-order valence-corrected chi connectivity index (χ2v) is 19.4. The molecule has 1 nitrogen and oxygen atoms in total. The molecule has 1 N–H and O–H groups in total. The van der Waals surface area contributed by atoms with Crippen molar-refractivity contribution in [2.75, 3.05) is 13.1 Å². The minimum Gasteiger partial charge on any atom is -0.317 e. The van der Waals surface area contributed by atoms with Crippen molar-refractivity contribution in [1.82, 2.24) is 5.32 Å². The standard InChI is InChI=1S/C15H37NSi2/c1-17(2,3)14-10-8-7-9-12-16-13-11-15-18(4,5)6/h16H,7-15H2,1-6H3. The molecule has 0 aliphatic rings. The van der Waals surface area contributed by atoms with Crippen LogP contribution in [0.4, 0.5) is 0 Å². The summed E-state index contributed by atoms with van der Waals surface area (Å²) in [6.07, 6.45) is 7.09. The van der Waals surface area contributed by atoms with E-state index in [1.54, 1.807) is 0 Å². The molecule has 0 heterocycles. The van der Waals surface area contributed by atoms with Gasteiger partial charge in [-0.2, -0.15) is 0 Å². The lowest BCUT2D eigenvalue weighted by molar-refractivity contribution is 0.592. The van der Waals surface area contributed by atoms with Gasteiger partial charge in [-0.15, -0.1) is 0 Å². The first-order chi connectivity index (χ1) is 8.21. The van der Waals surface area contributed by atoms with Crippen LogP contribution in [-0.2, 0) is 0 Å². The second-order valence-electron chi connectivity index (χ2n) is 8.14. The maximum atomic E-state index is 3.60. The molecule has 0 saturated heterocycles. The zero-order chi connectivity index (χ0) is 14.1. The molecule has 0 aromatic carbocycles. The first-order valence-electron chi connectivity index (χ1n) is 7.91. The molecule has 0 atom stereocenters. The summed E-state index contributed by atoms with van der Waals surface area (Å²) in [6, 6.07) is 2.98. The summed E-state index contributed by atoms with van der Waals surface area (Å²) in [4.78, 5) is 0. The van der Waals surface area contributed by atoms with Crippen LogP contribution in [0.25, 0.3) is 0 Å². The Bertz CT molecular complexity index is 170. The monoisotopic (exact) mass is 287 g/mol. The van der Waals surface area contributed by atoms with Crippen molar-refractivity contribution >= 4 is 16.1 Å². The maximum Gasteiger partial charge on any atom is 0.0443 e. The third-order valence-electron chi connectivity index (χ3n) is 3.31. The number of hydrogen-bond donors (Lipinski definition) is 1. The summed E-state index contributed by atoms with van der Waals surface area (Å²) in [7, 11) is -1.57. The third kappa shape index (κ3) is 16.4. The topological polar surface area (TPSA) is 12.0 Å². The molecule has 0 rings (SSSR count). The predicted octanol–water partition coefficient (Wildman–Crippen LogP) is 5.20. The summed E-state index contributed by atoms with van der Waals surface area (Å²) in [5.41, 5.74) is 0. The SMILES string of the molecule is C[Si](C)(C)CCCCCCNCCC[Si](C)(C)C. The zero-order valence-electron chi connectivity index (χ0n) is 13.9. The highest BCUT2D eigenvalue weighted by Gasteiger charge is 2.12. The van der Waals surface area contributed by atoms with E-state index in [0.717, 1.165) is 0 Å². The van der Waals surface area contributed by atoms with Crippen LogP contribution in [0.1, 0.15) is 32.1 Å². The maximum absolute atomic E-state index is 3.60. The molecular weight excluding hydrogens is 250 g/mol. The van der Waals surface area contributed by atoms with Gasteiger partial charge in [-0.05, 0) is 25.9 Å². The molecule has 0 fully saturated rings. The van der Waals surface area contributed by atoms with Gasteiger partial charge in [0.1, 0.15) is 0 Å². The molecule has 0 bridgehead atoms. The van der Waals surface area contributed by atoms with Gasteiger partial charge in [0.15, 0.2) is 0 Å². The first-order valence-corrected chi connectivity index (χ1v) is 15.3. The summed E-state index contributed by atoms with van der Waals surface area (Å²) in [6.45, 7) is 17.3. The Morgan fingerprint density at radius 2 is 1.00 bits per heavy atom. The van der Waals surface area contributed by atoms with E-state index in [2.05, 4.69) is 44.6 Å². The van der Waals surface area contributed by atoms with E-state index in [0.29, 0.717) is 0 Å². The minimum atomic E-state index is -0.797. The van der Waals surface area contributed by atoms with Crippen LogP contribution in [0.3, 0.4) is 0 Å². The molecular formula is C15H37NSi2. The number of hydrogen-bond acceptors (Lipinski definition) is 1. The number of nitrogens with one attached hydrogen (secondary N) is 1. The average molecular weight is 288 g/mol. The molecule has 0 aliphatic heterocycles. The molecule has 0 amide bonds. The van der Waals surface area contributed by atoms with Crippen molar-refractivity contribution in [1.29, 1.82) is 0 Å². The van der Waals surface area contributed by atoms with Gasteiger partial charge in [0.05, 0.1) is 0 Å². The quantitative estimate of drug-likeness (QED) is 0.407. The number of unbranched alkanes of at least 4 members (excludes halogenated alkanes) is 3. The number of rotatable bonds is 11. The highest BCUT2D eigenvalue weighted by molar-refractivity contribution is 6.76. The van der Waals surface area contributed by atoms with Crippen molar-refractivity contribution in [2.45, 2.75) is 83.5 Å². The Morgan fingerprint density at radius 1 is 0.556 bits per heavy atom. The van der Waals surface area contributed by atoms with Crippen molar-refractivity contribution in [3.63, 3.8) is 0 Å². The van der Waals surface area contributed by atoms with E-state index in [1.807, 2.05) is 0 Å². The summed E-state index contributed by atoms with van der Waals surface area (Å²) < 4.78 is 0. The first kappa shape index (κ1) is 18.4. The zero-order valence-corrected chi connectivity index (χ0v) is 15.9. The second kappa shape index (κ2) is 9.32. The molecule has 0 aromatic heterocycles. The van der Waals surface area contributed by atoms with E-state index in [1.165, 1.54) is 57.3 Å². The Kier molecular flexibility index (Phi) is 9.53.